The lowest BCUT2D eigenvalue weighted by atomic mass is 10.2. The maximum Gasteiger partial charge on any atom is 0.247 e. The summed E-state index contributed by atoms with van der Waals surface area (Å²) in [4.78, 5) is 19.7. The number of nitrogens with zero attached hydrogens (tertiary/aromatic N) is 2. The molecule has 0 aliphatic carbocycles. The summed E-state index contributed by atoms with van der Waals surface area (Å²) < 4.78 is 25.4. The van der Waals surface area contributed by atoms with E-state index in [1.165, 1.54) is 6.08 Å². The molecule has 3 aromatic rings. The van der Waals surface area contributed by atoms with Gasteiger partial charge < -0.3 is 25.4 Å². The normalized spacial score (nSPS) is 15.1. The molecule has 2 heterocycles. The molecule has 4 rings (SSSR count). The van der Waals surface area contributed by atoms with Crippen LogP contribution >= 0.6 is 0 Å². The SMILES string of the molecule is C=CC(=O)Nc1cccc(Nc2ncc(F)c(Nc3ccc(OC4CCOC4)cc3)n2)c1. The maximum atomic E-state index is 14.3. The van der Waals surface area contributed by atoms with Gasteiger partial charge in [-0.15, -0.1) is 0 Å². The Bertz CT molecular complexity index is 1100. The van der Waals surface area contributed by atoms with Crippen molar-refractivity contribution in [3.8, 4) is 5.75 Å². The van der Waals surface area contributed by atoms with E-state index in [0.29, 0.717) is 30.3 Å². The number of aromatic nitrogens is 2. The number of carbonyl (C=O) groups is 1. The summed E-state index contributed by atoms with van der Waals surface area (Å²) >= 11 is 0. The van der Waals surface area contributed by atoms with Crippen LogP contribution in [0.15, 0.2) is 67.4 Å². The minimum absolute atomic E-state index is 0.0245. The molecule has 3 N–H and O–H groups in total. The maximum absolute atomic E-state index is 14.3. The lowest BCUT2D eigenvalue weighted by Gasteiger charge is -2.13. The highest BCUT2D eigenvalue weighted by molar-refractivity contribution is 5.99. The summed E-state index contributed by atoms with van der Waals surface area (Å²) in [5.41, 5.74) is 1.85. The molecule has 1 aromatic heterocycles. The molecule has 9 heteroatoms. The number of hydrogen-bond donors (Lipinski definition) is 3. The third-order valence-corrected chi connectivity index (χ3v) is 4.62. The predicted octanol–water partition coefficient (Wildman–Crippen LogP) is 4.40. The van der Waals surface area contributed by atoms with Crippen molar-refractivity contribution in [1.29, 1.82) is 0 Å². The molecule has 32 heavy (non-hydrogen) atoms. The minimum atomic E-state index is -0.592. The van der Waals surface area contributed by atoms with Gasteiger partial charge >= 0.3 is 0 Å². The van der Waals surface area contributed by atoms with E-state index in [-0.39, 0.29) is 23.8 Å². The van der Waals surface area contributed by atoms with Crippen molar-refractivity contribution in [3.63, 3.8) is 0 Å². The van der Waals surface area contributed by atoms with Crippen LogP contribution in [0.4, 0.5) is 33.2 Å². The number of anilines is 5. The van der Waals surface area contributed by atoms with Gasteiger partial charge in [-0.05, 0) is 48.5 Å². The van der Waals surface area contributed by atoms with Crippen LogP contribution in [-0.2, 0) is 9.53 Å². The fourth-order valence-corrected chi connectivity index (χ4v) is 3.06. The molecule has 1 aliphatic rings. The summed E-state index contributed by atoms with van der Waals surface area (Å²) in [6.07, 6.45) is 3.19. The summed E-state index contributed by atoms with van der Waals surface area (Å²) in [6, 6.07) is 14.1. The summed E-state index contributed by atoms with van der Waals surface area (Å²) in [6.45, 7) is 4.72. The van der Waals surface area contributed by atoms with Gasteiger partial charge in [0.25, 0.3) is 0 Å². The van der Waals surface area contributed by atoms with E-state index in [9.17, 15) is 9.18 Å². The number of halogens is 1. The van der Waals surface area contributed by atoms with Crippen LogP contribution in [0.2, 0.25) is 0 Å². The first kappa shape index (κ1) is 21.3. The standard InChI is InChI=1S/C23H22FN5O3/c1-2-21(30)26-16-4-3-5-17(12-16)28-23-25-13-20(24)22(29-23)27-15-6-8-18(9-7-15)32-19-10-11-31-14-19/h2-9,12-13,19H,1,10-11,14H2,(H,26,30)(H2,25,27,28,29). The highest BCUT2D eigenvalue weighted by Crippen LogP contribution is 2.24. The molecular formula is C23H22FN5O3. The molecule has 1 fully saturated rings. The molecule has 0 bridgehead atoms. The van der Waals surface area contributed by atoms with Crippen molar-refractivity contribution in [1.82, 2.24) is 9.97 Å². The van der Waals surface area contributed by atoms with Crippen LogP contribution in [0.25, 0.3) is 0 Å². The smallest absolute Gasteiger partial charge is 0.247 e. The monoisotopic (exact) mass is 435 g/mol. The van der Waals surface area contributed by atoms with Crippen molar-refractivity contribution < 1.29 is 18.7 Å². The van der Waals surface area contributed by atoms with E-state index in [1.54, 1.807) is 36.4 Å². The molecule has 1 saturated heterocycles. The molecule has 0 radical (unpaired) electrons. The van der Waals surface area contributed by atoms with Gasteiger partial charge in [0.15, 0.2) is 11.6 Å². The minimum Gasteiger partial charge on any atom is -0.488 e. The summed E-state index contributed by atoms with van der Waals surface area (Å²) in [5.74, 6) is 0.0318. The second-order valence-electron chi connectivity index (χ2n) is 7.04. The predicted molar refractivity (Wildman–Crippen MR) is 120 cm³/mol. The van der Waals surface area contributed by atoms with Crippen molar-refractivity contribution in [2.24, 2.45) is 0 Å². The molecule has 8 nitrogen and oxygen atoms in total. The largest absolute Gasteiger partial charge is 0.488 e. The first-order chi connectivity index (χ1) is 15.6. The van der Waals surface area contributed by atoms with Gasteiger partial charge in [-0.25, -0.2) is 9.37 Å². The first-order valence-corrected chi connectivity index (χ1v) is 10.0. The summed E-state index contributed by atoms with van der Waals surface area (Å²) in [7, 11) is 0. The molecule has 1 aliphatic heterocycles. The zero-order valence-corrected chi connectivity index (χ0v) is 17.2. The average Bonchev–Trinajstić information content (AvgIpc) is 3.30. The molecule has 2 aromatic carbocycles. The number of carbonyl (C=O) groups excluding carboxylic acids is 1. The van der Waals surface area contributed by atoms with Gasteiger partial charge in [-0.2, -0.15) is 4.98 Å². The number of amides is 1. The molecule has 1 unspecified atom stereocenters. The Morgan fingerprint density at radius 3 is 2.72 bits per heavy atom. The second kappa shape index (κ2) is 9.88. The number of ether oxygens (including phenoxy) is 2. The topological polar surface area (TPSA) is 97.4 Å². The number of rotatable bonds is 8. The van der Waals surface area contributed by atoms with Gasteiger partial charge in [0.1, 0.15) is 11.9 Å². The highest BCUT2D eigenvalue weighted by atomic mass is 19.1. The van der Waals surface area contributed by atoms with Crippen molar-refractivity contribution >= 4 is 34.7 Å². The van der Waals surface area contributed by atoms with Crippen molar-refractivity contribution in [2.45, 2.75) is 12.5 Å². The van der Waals surface area contributed by atoms with Gasteiger partial charge in [0.05, 0.1) is 19.4 Å². The summed E-state index contributed by atoms with van der Waals surface area (Å²) in [5, 5.41) is 8.62. The Labute approximate surface area is 184 Å². The van der Waals surface area contributed by atoms with Crippen molar-refractivity contribution in [2.75, 3.05) is 29.2 Å². The van der Waals surface area contributed by atoms with Gasteiger partial charge in [-0.3, -0.25) is 4.79 Å². The first-order valence-electron chi connectivity index (χ1n) is 10.0. The Morgan fingerprint density at radius 1 is 1.16 bits per heavy atom. The third-order valence-electron chi connectivity index (χ3n) is 4.62. The lowest BCUT2D eigenvalue weighted by Crippen LogP contribution is -2.15. The third kappa shape index (κ3) is 5.58. The number of nitrogens with one attached hydrogen (secondary N) is 3. The van der Waals surface area contributed by atoms with Crippen molar-refractivity contribution in [3.05, 3.63) is 73.2 Å². The Balaban J connectivity index is 1.43. The van der Waals surface area contributed by atoms with Crippen LogP contribution in [0.5, 0.6) is 5.75 Å². The fraction of sp³-hybridized carbons (Fsp3) is 0.174. The van der Waals surface area contributed by atoms with E-state index < -0.39 is 5.82 Å². The Morgan fingerprint density at radius 2 is 1.97 bits per heavy atom. The van der Waals surface area contributed by atoms with Crippen LogP contribution < -0.4 is 20.7 Å². The van der Waals surface area contributed by atoms with E-state index in [4.69, 9.17) is 9.47 Å². The number of benzene rings is 2. The molecule has 164 valence electrons. The zero-order valence-electron chi connectivity index (χ0n) is 17.2. The Hall–Kier alpha value is -3.98. The Kier molecular flexibility index (Phi) is 6.57. The van der Waals surface area contributed by atoms with Crippen LogP contribution in [0.1, 0.15) is 6.42 Å². The lowest BCUT2D eigenvalue weighted by molar-refractivity contribution is -0.111. The van der Waals surface area contributed by atoms with Gasteiger partial charge in [-0.1, -0.05) is 12.6 Å². The fourth-order valence-electron chi connectivity index (χ4n) is 3.06. The molecule has 1 amide bonds. The van der Waals surface area contributed by atoms with Crippen LogP contribution in [0, 0.1) is 5.82 Å². The molecular weight excluding hydrogens is 413 g/mol. The van der Waals surface area contributed by atoms with E-state index in [2.05, 4.69) is 32.5 Å². The van der Waals surface area contributed by atoms with Gasteiger partial charge in [0, 0.05) is 23.5 Å². The molecule has 0 spiro atoms. The zero-order chi connectivity index (χ0) is 22.3. The van der Waals surface area contributed by atoms with Crippen LogP contribution in [0.3, 0.4) is 0 Å². The number of hydrogen-bond acceptors (Lipinski definition) is 7. The van der Waals surface area contributed by atoms with E-state index in [0.717, 1.165) is 18.4 Å². The average molecular weight is 435 g/mol. The molecule has 0 saturated carbocycles. The highest BCUT2D eigenvalue weighted by Gasteiger charge is 2.17. The second-order valence-corrected chi connectivity index (χ2v) is 7.04. The van der Waals surface area contributed by atoms with Crippen LogP contribution in [-0.4, -0.2) is 35.2 Å². The molecule has 1 atom stereocenters. The van der Waals surface area contributed by atoms with E-state index >= 15 is 0 Å². The quantitative estimate of drug-likeness (QED) is 0.451. The van der Waals surface area contributed by atoms with E-state index in [1.807, 2.05) is 12.1 Å². The van der Waals surface area contributed by atoms with Gasteiger partial charge in [0.2, 0.25) is 11.9 Å².